The molecule has 1 aliphatic heterocycles. The van der Waals surface area contributed by atoms with Crippen LogP contribution in [-0.2, 0) is 14.9 Å². The molecule has 2 aliphatic rings. The van der Waals surface area contributed by atoms with Crippen LogP contribution >= 0.6 is 12.4 Å². The zero-order chi connectivity index (χ0) is 14.9. The summed E-state index contributed by atoms with van der Waals surface area (Å²) in [7, 11) is 0. The molecule has 0 spiro atoms. The van der Waals surface area contributed by atoms with Crippen molar-refractivity contribution in [1.82, 2.24) is 5.32 Å². The number of halogens is 2. The molecule has 1 aromatic rings. The third kappa shape index (κ3) is 3.42. The largest absolute Gasteiger partial charge is 0.381 e. The van der Waals surface area contributed by atoms with Crippen molar-refractivity contribution in [3.63, 3.8) is 0 Å². The van der Waals surface area contributed by atoms with Crippen molar-refractivity contribution in [3.8, 4) is 0 Å². The van der Waals surface area contributed by atoms with E-state index in [-0.39, 0.29) is 29.5 Å². The van der Waals surface area contributed by atoms with Crippen molar-refractivity contribution in [2.75, 3.05) is 19.8 Å². The maximum absolute atomic E-state index is 13.4. The van der Waals surface area contributed by atoms with Gasteiger partial charge in [0, 0.05) is 25.2 Å². The molecular formula is C16H22ClFN2O2. The second kappa shape index (κ2) is 6.52. The monoisotopic (exact) mass is 328 g/mol. The lowest BCUT2D eigenvalue weighted by Gasteiger charge is -2.32. The van der Waals surface area contributed by atoms with Crippen LogP contribution in [0, 0.1) is 5.82 Å². The lowest BCUT2D eigenvalue weighted by molar-refractivity contribution is -0.129. The summed E-state index contributed by atoms with van der Waals surface area (Å²) in [6.45, 7) is 1.58. The van der Waals surface area contributed by atoms with Gasteiger partial charge in [0.25, 0.3) is 0 Å². The fraction of sp³-hybridized carbons (Fsp3) is 0.562. The van der Waals surface area contributed by atoms with Crippen LogP contribution < -0.4 is 11.1 Å². The van der Waals surface area contributed by atoms with E-state index in [9.17, 15) is 9.18 Å². The van der Waals surface area contributed by atoms with Gasteiger partial charge in [-0.25, -0.2) is 4.39 Å². The Hall–Kier alpha value is -1.17. The highest BCUT2D eigenvalue weighted by Crippen LogP contribution is 2.47. The molecule has 1 amide bonds. The van der Waals surface area contributed by atoms with Crippen LogP contribution in [0.15, 0.2) is 24.3 Å². The molecule has 0 unspecified atom stereocenters. The molecule has 6 heteroatoms. The molecule has 0 bridgehead atoms. The predicted octanol–water partition coefficient (Wildman–Crippen LogP) is 1.90. The molecule has 122 valence electrons. The van der Waals surface area contributed by atoms with Crippen molar-refractivity contribution in [2.24, 2.45) is 5.73 Å². The molecule has 1 heterocycles. The minimum atomic E-state index is -0.823. The molecule has 0 radical (unpaired) electrons. The van der Waals surface area contributed by atoms with E-state index in [1.54, 1.807) is 12.1 Å². The van der Waals surface area contributed by atoms with E-state index >= 15 is 0 Å². The SMILES string of the molecule is Cl.NC1(C(=O)NCC2(c3cccc(F)c3)CC2)CCOCC1. The molecule has 3 N–H and O–H groups in total. The molecule has 3 rings (SSSR count). The molecule has 1 saturated carbocycles. The summed E-state index contributed by atoms with van der Waals surface area (Å²) in [5, 5.41) is 2.97. The molecule has 4 nitrogen and oxygen atoms in total. The Kier molecular flexibility index (Phi) is 5.10. The van der Waals surface area contributed by atoms with Crippen LogP contribution in [0.2, 0.25) is 0 Å². The van der Waals surface area contributed by atoms with E-state index in [0.717, 1.165) is 18.4 Å². The van der Waals surface area contributed by atoms with Crippen LogP contribution in [0.1, 0.15) is 31.2 Å². The van der Waals surface area contributed by atoms with Gasteiger partial charge in [-0.3, -0.25) is 4.79 Å². The molecule has 1 aromatic carbocycles. The minimum absolute atomic E-state index is 0. The first-order valence-electron chi connectivity index (χ1n) is 7.45. The summed E-state index contributed by atoms with van der Waals surface area (Å²) in [6, 6.07) is 6.64. The number of ether oxygens (including phenoxy) is 1. The fourth-order valence-electron chi connectivity index (χ4n) is 2.92. The summed E-state index contributed by atoms with van der Waals surface area (Å²) in [6.07, 6.45) is 3.03. The Morgan fingerprint density at radius 1 is 1.27 bits per heavy atom. The van der Waals surface area contributed by atoms with Crippen molar-refractivity contribution >= 4 is 18.3 Å². The minimum Gasteiger partial charge on any atom is -0.381 e. The van der Waals surface area contributed by atoms with E-state index in [1.165, 1.54) is 6.07 Å². The highest BCUT2D eigenvalue weighted by atomic mass is 35.5. The van der Waals surface area contributed by atoms with Crippen molar-refractivity contribution < 1.29 is 13.9 Å². The van der Waals surface area contributed by atoms with Gasteiger partial charge in [0.1, 0.15) is 5.82 Å². The number of hydrogen-bond donors (Lipinski definition) is 2. The van der Waals surface area contributed by atoms with E-state index in [1.807, 2.05) is 6.07 Å². The maximum atomic E-state index is 13.4. The average molecular weight is 329 g/mol. The lowest BCUT2D eigenvalue weighted by Crippen LogP contribution is -2.57. The van der Waals surface area contributed by atoms with E-state index < -0.39 is 5.54 Å². The van der Waals surface area contributed by atoms with Crippen molar-refractivity contribution in [3.05, 3.63) is 35.6 Å². The van der Waals surface area contributed by atoms with E-state index in [4.69, 9.17) is 10.5 Å². The Morgan fingerprint density at radius 3 is 2.55 bits per heavy atom. The van der Waals surface area contributed by atoms with Gasteiger partial charge < -0.3 is 15.8 Å². The number of carbonyl (C=O) groups is 1. The first kappa shape index (κ1) is 17.2. The van der Waals surface area contributed by atoms with Gasteiger partial charge in [-0.1, -0.05) is 12.1 Å². The van der Waals surface area contributed by atoms with Gasteiger partial charge in [0.2, 0.25) is 5.91 Å². The van der Waals surface area contributed by atoms with Gasteiger partial charge in [-0.2, -0.15) is 0 Å². The molecule has 0 aromatic heterocycles. The Morgan fingerprint density at radius 2 is 1.95 bits per heavy atom. The quantitative estimate of drug-likeness (QED) is 0.887. The molecule has 0 atom stereocenters. The van der Waals surface area contributed by atoms with Gasteiger partial charge in [0.15, 0.2) is 0 Å². The highest BCUT2D eigenvalue weighted by Gasteiger charge is 2.46. The molecule has 2 fully saturated rings. The first-order valence-corrected chi connectivity index (χ1v) is 7.45. The second-order valence-corrected chi connectivity index (χ2v) is 6.24. The number of carbonyl (C=O) groups excluding carboxylic acids is 1. The standard InChI is InChI=1S/C16H21FN2O2.ClH/c17-13-3-1-2-12(10-13)15(4-5-15)11-19-14(20)16(18)6-8-21-9-7-16;/h1-3,10H,4-9,11,18H2,(H,19,20);1H. The number of benzene rings is 1. The Bertz CT molecular complexity index is 543. The zero-order valence-electron chi connectivity index (χ0n) is 12.4. The topological polar surface area (TPSA) is 64.4 Å². The van der Waals surface area contributed by atoms with Gasteiger partial charge in [0.05, 0.1) is 5.54 Å². The highest BCUT2D eigenvalue weighted by molar-refractivity contribution is 5.86. The van der Waals surface area contributed by atoms with Crippen molar-refractivity contribution in [1.29, 1.82) is 0 Å². The normalized spacial score (nSPS) is 21.5. The van der Waals surface area contributed by atoms with Crippen LogP contribution in [0.25, 0.3) is 0 Å². The molecule has 22 heavy (non-hydrogen) atoms. The predicted molar refractivity (Wildman–Crippen MR) is 84.5 cm³/mol. The number of nitrogens with one attached hydrogen (secondary N) is 1. The van der Waals surface area contributed by atoms with Gasteiger partial charge >= 0.3 is 0 Å². The fourth-order valence-corrected chi connectivity index (χ4v) is 2.92. The summed E-state index contributed by atoms with van der Waals surface area (Å²) < 4.78 is 18.6. The second-order valence-electron chi connectivity index (χ2n) is 6.24. The van der Waals surface area contributed by atoms with E-state index in [2.05, 4.69) is 5.32 Å². The van der Waals surface area contributed by atoms with Gasteiger partial charge in [-0.15, -0.1) is 12.4 Å². The summed E-state index contributed by atoms with van der Waals surface area (Å²) >= 11 is 0. The molecule has 1 aliphatic carbocycles. The average Bonchev–Trinajstić information content (AvgIpc) is 3.27. The number of hydrogen-bond acceptors (Lipinski definition) is 3. The maximum Gasteiger partial charge on any atom is 0.240 e. The van der Waals surface area contributed by atoms with E-state index in [0.29, 0.717) is 32.6 Å². The van der Waals surface area contributed by atoms with Crippen LogP contribution in [0.4, 0.5) is 4.39 Å². The number of amides is 1. The zero-order valence-corrected chi connectivity index (χ0v) is 13.3. The lowest BCUT2D eigenvalue weighted by atomic mass is 9.89. The third-order valence-corrected chi connectivity index (χ3v) is 4.72. The third-order valence-electron chi connectivity index (χ3n) is 4.72. The summed E-state index contributed by atoms with van der Waals surface area (Å²) in [5.74, 6) is -0.349. The Balaban J connectivity index is 0.00000176. The Labute approximate surface area is 136 Å². The summed E-state index contributed by atoms with van der Waals surface area (Å²) in [4.78, 5) is 12.3. The molecule has 1 saturated heterocycles. The van der Waals surface area contributed by atoms with Crippen LogP contribution in [0.3, 0.4) is 0 Å². The van der Waals surface area contributed by atoms with Crippen LogP contribution in [-0.4, -0.2) is 31.2 Å². The first-order chi connectivity index (χ1) is 10.0. The molecular weight excluding hydrogens is 307 g/mol. The number of nitrogens with two attached hydrogens (primary N) is 1. The van der Waals surface area contributed by atoms with Crippen LogP contribution in [0.5, 0.6) is 0 Å². The van der Waals surface area contributed by atoms with Crippen molar-refractivity contribution in [2.45, 2.75) is 36.6 Å². The summed E-state index contributed by atoms with van der Waals surface area (Å²) in [5.41, 5.74) is 6.19. The smallest absolute Gasteiger partial charge is 0.240 e. The number of rotatable bonds is 4. The van der Waals surface area contributed by atoms with Gasteiger partial charge in [-0.05, 0) is 43.4 Å².